The molecule has 0 aromatic heterocycles. The smallest absolute Gasteiger partial charge is 0.338 e. The fourth-order valence-corrected chi connectivity index (χ4v) is 1.94. The van der Waals surface area contributed by atoms with Crippen molar-refractivity contribution in [3.8, 4) is 5.75 Å². The van der Waals surface area contributed by atoms with Gasteiger partial charge in [0, 0.05) is 5.02 Å². The van der Waals surface area contributed by atoms with Crippen LogP contribution in [-0.2, 0) is 9.53 Å². The molecule has 0 heterocycles. The number of methoxy groups -OCH3 is 1. The summed E-state index contributed by atoms with van der Waals surface area (Å²) in [5.41, 5.74) is -0.185. The average molecular weight is 356 g/mol. The number of rotatable bonds is 5. The third kappa shape index (κ3) is 4.42. The van der Waals surface area contributed by atoms with Gasteiger partial charge in [-0.3, -0.25) is 4.79 Å². The van der Waals surface area contributed by atoms with Gasteiger partial charge in [0.25, 0.3) is 5.91 Å². The number of benzene rings is 2. The molecule has 24 heavy (non-hydrogen) atoms. The van der Waals surface area contributed by atoms with Crippen LogP contribution < -0.4 is 10.1 Å². The zero-order valence-corrected chi connectivity index (χ0v) is 13.2. The molecule has 2 aromatic rings. The predicted octanol–water partition coefficient (Wildman–Crippen LogP) is 3.42. The van der Waals surface area contributed by atoms with Crippen molar-refractivity contribution in [1.82, 2.24) is 0 Å². The standard InChI is InChI=1S/C16H12ClF2NO4/c1-23-14-5-2-9(6-12(14)19)16(22)24-8-15(21)20-13-4-3-10(17)7-11(13)18/h2-7H,8H2,1H3,(H,20,21). The summed E-state index contributed by atoms with van der Waals surface area (Å²) >= 11 is 5.60. The van der Waals surface area contributed by atoms with Crippen LogP contribution in [0, 0.1) is 11.6 Å². The van der Waals surface area contributed by atoms with Gasteiger partial charge in [-0.15, -0.1) is 0 Å². The van der Waals surface area contributed by atoms with E-state index >= 15 is 0 Å². The first-order chi connectivity index (χ1) is 11.4. The lowest BCUT2D eigenvalue weighted by molar-refractivity contribution is -0.119. The second-order valence-corrected chi connectivity index (χ2v) is 5.03. The van der Waals surface area contributed by atoms with Gasteiger partial charge >= 0.3 is 5.97 Å². The molecule has 0 radical (unpaired) electrons. The Balaban J connectivity index is 1.93. The molecule has 1 amide bonds. The Morgan fingerprint density at radius 2 is 1.88 bits per heavy atom. The Morgan fingerprint density at radius 1 is 1.12 bits per heavy atom. The van der Waals surface area contributed by atoms with Crippen LogP contribution in [0.3, 0.4) is 0 Å². The van der Waals surface area contributed by atoms with E-state index in [9.17, 15) is 18.4 Å². The molecule has 1 N–H and O–H groups in total. The molecule has 0 aliphatic rings. The van der Waals surface area contributed by atoms with Gasteiger partial charge in [0.15, 0.2) is 18.2 Å². The second kappa shape index (κ2) is 7.74. The molecular weight excluding hydrogens is 344 g/mol. The molecule has 0 aliphatic carbocycles. The molecule has 0 saturated carbocycles. The predicted molar refractivity (Wildman–Crippen MR) is 83.3 cm³/mol. The minimum absolute atomic E-state index is 0.0255. The van der Waals surface area contributed by atoms with E-state index in [4.69, 9.17) is 21.1 Å². The molecule has 126 valence electrons. The van der Waals surface area contributed by atoms with E-state index in [-0.39, 0.29) is 22.0 Å². The van der Waals surface area contributed by atoms with Crippen LogP contribution in [0.15, 0.2) is 36.4 Å². The van der Waals surface area contributed by atoms with E-state index in [2.05, 4.69) is 5.32 Å². The number of carbonyl (C=O) groups is 2. The Bertz CT molecular complexity index is 783. The molecule has 2 aromatic carbocycles. The number of anilines is 1. The molecule has 0 atom stereocenters. The van der Waals surface area contributed by atoms with Gasteiger partial charge in [-0.05, 0) is 36.4 Å². The molecular formula is C16H12ClF2NO4. The number of hydrogen-bond acceptors (Lipinski definition) is 4. The van der Waals surface area contributed by atoms with Gasteiger partial charge in [0.2, 0.25) is 0 Å². The maximum Gasteiger partial charge on any atom is 0.338 e. The highest BCUT2D eigenvalue weighted by atomic mass is 35.5. The first-order valence-corrected chi connectivity index (χ1v) is 7.04. The fraction of sp³-hybridized carbons (Fsp3) is 0.125. The van der Waals surface area contributed by atoms with E-state index in [0.717, 1.165) is 12.1 Å². The number of amides is 1. The Kier molecular flexibility index (Phi) is 5.70. The maximum absolute atomic E-state index is 13.5. The summed E-state index contributed by atoms with van der Waals surface area (Å²) in [5.74, 6) is -3.14. The van der Waals surface area contributed by atoms with Crippen LogP contribution in [0.25, 0.3) is 0 Å². The van der Waals surface area contributed by atoms with Crippen molar-refractivity contribution in [2.75, 3.05) is 19.0 Å². The van der Waals surface area contributed by atoms with Gasteiger partial charge in [-0.1, -0.05) is 11.6 Å². The highest BCUT2D eigenvalue weighted by Crippen LogP contribution is 2.19. The summed E-state index contributed by atoms with van der Waals surface area (Å²) in [4.78, 5) is 23.4. The van der Waals surface area contributed by atoms with Crippen molar-refractivity contribution >= 4 is 29.2 Å². The van der Waals surface area contributed by atoms with E-state index in [1.807, 2.05) is 0 Å². The highest BCUT2D eigenvalue weighted by Gasteiger charge is 2.14. The summed E-state index contributed by atoms with van der Waals surface area (Å²) in [6, 6.07) is 7.18. The maximum atomic E-state index is 13.5. The number of halogens is 3. The number of esters is 1. The summed E-state index contributed by atoms with van der Waals surface area (Å²) in [6.45, 7) is -0.658. The van der Waals surface area contributed by atoms with Crippen molar-refractivity contribution in [3.05, 3.63) is 58.6 Å². The number of hydrogen-bond donors (Lipinski definition) is 1. The third-order valence-electron chi connectivity index (χ3n) is 2.93. The zero-order chi connectivity index (χ0) is 17.7. The lowest BCUT2D eigenvalue weighted by atomic mass is 10.2. The van der Waals surface area contributed by atoms with E-state index in [1.165, 1.54) is 31.4 Å². The van der Waals surface area contributed by atoms with Gasteiger partial charge in [0.05, 0.1) is 18.4 Å². The van der Waals surface area contributed by atoms with Crippen molar-refractivity contribution in [1.29, 1.82) is 0 Å². The first-order valence-electron chi connectivity index (χ1n) is 6.66. The molecule has 0 unspecified atom stereocenters. The third-order valence-corrected chi connectivity index (χ3v) is 3.16. The number of nitrogens with one attached hydrogen (secondary N) is 1. The zero-order valence-electron chi connectivity index (χ0n) is 12.4. The van der Waals surface area contributed by atoms with Gasteiger partial charge in [-0.2, -0.15) is 0 Å². The van der Waals surface area contributed by atoms with Gasteiger partial charge < -0.3 is 14.8 Å². The van der Waals surface area contributed by atoms with Crippen molar-refractivity contribution in [2.45, 2.75) is 0 Å². The molecule has 5 nitrogen and oxygen atoms in total. The van der Waals surface area contributed by atoms with Crippen LogP contribution in [0.1, 0.15) is 10.4 Å². The molecule has 0 fully saturated rings. The van der Waals surface area contributed by atoms with Crippen molar-refractivity contribution in [2.24, 2.45) is 0 Å². The topological polar surface area (TPSA) is 64.6 Å². The lowest BCUT2D eigenvalue weighted by Gasteiger charge is -2.08. The molecule has 0 bridgehead atoms. The monoisotopic (exact) mass is 355 g/mol. The largest absolute Gasteiger partial charge is 0.494 e. The van der Waals surface area contributed by atoms with E-state index in [0.29, 0.717) is 0 Å². The number of carbonyl (C=O) groups excluding carboxylic acids is 2. The van der Waals surface area contributed by atoms with Crippen molar-refractivity contribution < 1.29 is 27.8 Å². The van der Waals surface area contributed by atoms with Crippen LogP contribution in [0.5, 0.6) is 5.75 Å². The molecule has 8 heteroatoms. The van der Waals surface area contributed by atoms with Gasteiger partial charge in [0.1, 0.15) is 5.82 Å². The minimum atomic E-state index is -0.900. The van der Waals surface area contributed by atoms with Crippen molar-refractivity contribution in [3.63, 3.8) is 0 Å². The normalized spacial score (nSPS) is 10.2. The molecule has 2 rings (SSSR count). The van der Waals surface area contributed by atoms with Crippen LogP contribution in [0.4, 0.5) is 14.5 Å². The lowest BCUT2D eigenvalue weighted by Crippen LogP contribution is -2.21. The average Bonchev–Trinajstić information content (AvgIpc) is 2.55. The van der Waals surface area contributed by atoms with Crippen LogP contribution >= 0.6 is 11.6 Å². The Labute approximate surface area is 141 Å². The van der Waals surface area contributed by atoms with E-state index < -0.39 is 30.1 Å². The Hall–Kier alpha value is -2.67. The number of ether oxygens (including phenoxy) is 2. The summed E-state index contributed by atoms with van der Waals surface area (Å²) in [5, 5.41) is 2.41. The van der Waals surface area contributed by atoms with Crippen LogP contribution in [-0.4, -0.2) is 25.6 Å². The summed E-state index contributed by atoms with van der Waals surface area (Å²) in [7, 11) is 1.29. The SMILES string of the molecule is COc1ccc(C(=O)OCC(=O)Nc2ccc(Cl)cc2F)cc1F. The quantitative estimate of drug-likeness (QED) is 0.835. The molecule has 0 spiro atoms. The summed E-state index contributed by atoms with van der Waals surface area (Å²) < 4.78 is 36.5. The van der Waals surface area contributed by atoms with E-state index in [1.54, 1.807) is 0 Å². The first kappa shape index (κ1) is 17.7. The minimum Gasteiger partial charge on any atom is -0.494 e. The molecule has 0 aliphatic heterocycles. The highest BCUT2D eigenvalue weighted by molar-refractivity contribution is 6.30. The van der Waals surface area contributed by atoms with Crippen LogP contribution in [0.2, 0.25) is 5.02 Å². The Morgan fingerprint density at radius 3 is 2.50 bits per heavy atom. The van der Waals surface area contributed by atoms with Gasteiger partial charge in [-0.25, -0.2) is 13.6 Å². The molecule has 0 saturated heterocycles. The summed E-state index contributed by atoms with van der Waals surface area (Å²) in [6.07, 6.45) is 0. The fourth-order valence-electron chi connectivity index (χ4n) is 1.78. The second-order valence-electron chi connectivity index (χ2n) is 4.60.